The molecule has 6 nitrogen and oxygen atoms in total. The van der Waals surface area contributed by atoms with Crippen molar-refractivity contribution in [1.29, 1.82) is 0 Å². The minimum atomic E-state index is -2.52. The maximum Gasteiger partial charge on any atom is 0.272 e. The van der Waals surface area contributed by atoms with E-state index in [1.54, 1.807) is 54.8 Å². The Labute approximate surface area is 138 Å². The number of anilines is 1. The van der Waals surface area contributed by atoms with E-state index in [0.717, 1.165) is 5.56 Å². The molecule has 0 spiro atoms. The zero-order valence-corrected chi connectivity index (χ0v) is 13.2. The van der Waals surface area contributed by atoms with Crippen LogP contribution in [0, 0.1) is 0 Å². The van der Waals surface area contributed by atoms with Gasteiger partial charge in [0.15, 0.2) is 0 Å². The molecule has 1 amide bonds. The second-order valence-electron chi connectivity index (χ2n) is 5.05. The molecule has 0 radical (unpaired) electrons. The van der Waals surface area contributed by atoms with Crippen molar-refractivity contribution in [2.24, 2.45) is 0 Å². The smallest absolute Gasteiger partial charge is 0.272 e. The van der Waals surface area contributed by atoms with Crippen LogP contribution in [0.5, 0.6) is 5.75 Å². The van der Waals surface area contributed by atoms with Crippen LogP contribution in [0.1, 0.15) is 5.56 Å². The Kier molecular flexibility index (Phi) is 6.41. The first-order chi connectivity index (χ1) is 11.5. The molecular formula is C16H18F2N4O2. The second kappa shape index (κ2) is 8.76. The van der Waals surface area contributed by atoms with E-state index < -0.39 is 13.0 Å². The van der Waals surface area contributed by atoms with Crippen LogP contribution >= 0.6 is 0 Å². The summed E-state index contributed by atoms with van der Waals surface area (Å²) >= 11 is 0. The number of benzene rings is 1. The quantitative estimate of drug-likeness (QED) is 0.797. The maximum atomic E-state index is 12.1. The van der Waals surface area contributed by atoms with Gasteiger partial charge in [0, 0.05) is 26.0 Å². The normalized spacial score (nSPS) is 10.5. The lowest BCUT2D eigenvalue weighted by Crippen LogP contribution is -2.35. The number of ether oxygens (including phenoxy) is 1. The zero-order chi connectivity index (χ0) is 17.4. The van der Waals surface area contributed by atoms with Crippen molar-refractivity contribution in [1.82, 2.24) is 15.3 Å². The number of carbonyl (C=O) groups is 1. The SMILES string of the molecule is CN(CC(=O)NCc1cccc(OCC(F)F)c1)c1cnccn1. The Morgan fingerprint density at radius 3 is 2.92 bits per heavy atom. The van der Waals surface area contributed by atoms with Crippen molar-refractivity contribution in [3.8, 4) is 5.75 Å². The van der Waals surface area contributed by atoms with Crippen LogP contribution in [0.4, 0.5) is 14.6 Å². The predicted molar refractivity (Wildman–Crippen MR) is 85.1 cm³/mol. The molecule has 0 aliphatic carbocycles. The first kappa shape index (κ1) is 17.6. The Morgan fingerprint density at radius 1 is 1.38 bits per heavy atom. The number of nitrogens with one attached hydrogen (secondary N) is 1. The molecule has 0 saturated carbocycles. The number of halogens is 2. The first-order valence-corrected chi connectivity index (χ1v) is 7.28. The molecular weight excluding hydrogens is 318 g/mol. The summed E-state index contributed by atoms with van der Waals surface area (Å²) < 4.78 is 29.2. The third-order valence-corrected chi connectivity index (χ3v) is 3.09. The van der Waals surface area contributed by atoms with Crippen LogP contribution in [0.25, 0.3) is 0 Å². The van der Waals surface area contributed by atoms with Crippen molar-refractivity contribution in [3.63, 3.8) is 0 Å². The van der Waals surface area contributed by atoms with Crippen molar-refractivity contribution in [2.45, 2.75) is 13.0 Å². The standard InChI is InChI=1S/C16H18F2N4O2/c1-22(15-9-19-5-6-20-15)10-16(23)21-8-12-3-2-4-13(7-12)24-11-14(17)18/h2-7,9,14H,8,10-11H2,1H3,(H,21,23). The molecule has 0 atom stereocenters. The average Bonchev–Trinajstić information content (AvgIpc) is 2.59. The molecule has 0 fully saturated rings. The van der Waals surface area contributed by atoms with E-state index in [-0.39, 0.29) is 19.0 Å². The Morgan fingerprint density at radius 2 is 2.21 bits per heavy atom. The van der Waals surface area contributed by atoms with Gasteiger partial charge in [0.25, 0.3) is 6.43 Å². The number of carbonyl (C=O) groups excluding carboxylic acids is 1. The van der Waals surface area contributed by atoms with E-state index in [9.17, 15) is 13.6 Å². The predicted octanol–water partition coefficient (Wildman–Crippen LogP) is 1.87. The highest BCUT2D eigenvalue weighted by atomic mass is 19.3. The topological polar surface area (TPSA) is 67.4 Å². The fraction of sp³-hybridized carbons (Fsp3) is 0.312. The van der Waals surface area contributed by atoms with E-state index in [0.29, 0.717) is 11.6 Å². The van der Waals surface area contributed by atoms with Crippen LogP contribution in [-0.4, -0.2) is 42.5 Å². The summed E-state index contributed by atoms with van der Waals surface area (Å²) in [4.78, 5) is 21.7. The number of alkyl halides is 2. The molecule has 1 N–H and O–H groups in total. The second-order valence-corrected chi connectivity index (χ2v) is 5.05. The monoisotopic (exact) mass is 336 g/mol. The fourth-order valence-electron chi connectivity index (χ4n) is 1.95. The zero-order valence-electron chi connectivity index (χ0n) is 13.2. The molecule has 1 aromatic heterocycles. The van der Waals surface area contributed by atoms with Gasteiger partial charge < -0.3 is 15.0 Å². The van der Waals surface area contributed by atoms with Crippen molar-refractivity contribution in [2.75, 3.05) is 25.1 Å². The van der Waals surface area contributed by atoms with Crippen LogP contribution in [0.3, 0.4) is 0 Å². The molecule has 1 aromatic carbocycles. The number of hydrogen-bond acceptors (Lipinski definition) is 5. The number of hydrogen-bond donors (Lipinski definition) is 1. The third-order valence-electron chi connectivity index (χ3n) is 3.09. The minimum Gasteiger partial charge on any atom is -0.488 e. The number of nitrogens with zero attached hydrogens (tertiary/aromatic N) is 3. The Bertz CT molecular complexity index is 656. The van der Waals surface area contributed by atoms with Gasteiger partial charge in [-0.1, -0.05) is 12.1 Å². The number of likely N-dealkylation sites (N-methyl/N-ethyl adjacent to an activating group) is 1. The summed E-state index contributed by atoms with van der Waals surface area (Å²) in [6, 6.07) is 6.68. The lowest BCUT2D eigenvalue weighted by molar-refractivity contribution is -0.119. The third kappa shape index (κ3) is 5.79. The molecule has 128 valence electrons. The van der Waals surface area contributed by atoms with E-state index in [1.165, 1.54) is 0 Å². The molecule has 8 heteroatoms. The summed E-state index contributed by atoms with van der Waals surface area (Å²) in [5.74, 6) is 0.746. The Hall–Kier alpha value is -2.77. The number of rotatable bonds is 8. The van der Waals surface area contributed by atoms with E-state index in [1.807, 2.05) is 0 Å². The highest BCUT2D eigenvalue weighted by molar-refractivity contribution is 5.80. The molecule has 0 aliphatic heterocycles. The van der Waals surface area contributed by atoms with E-state index >= 15 is 0 Å². The van der Waals surface area contributed by atoms with Crippen LogP contribution in [0.15, 0.2) is 42.9 Å². The highest BCUT2D eigenvalue weighted by Crippen LogP contribution is 2.14. The van der Waals surface area contributed by atoms with Gasteiger partial charge in [-0.2, -0.15) is 0 Å². The number of aromatic nitrogens is 2. The van der Waals surface area contributed by atoms with Gasteiger partial charge in [0.05, 0.1) is 12.7 Å². The Balaban J connectivity index is 1.82. The van der Waals surface area contributed by atoms with Crippen molar-refractivity contribution < 1.29 is 18.3 Å². The summed E-state index contributed by atoms with van der Waals surface area (Å²) in [5, 5.41) is 2.76. The summed E-state index contributed by atoms with van der Waals surface area (Å²) in [6.45, 7) is -0.252. The van der Waals surface area contributed by atoms with Gasteiger partial charge in [0.1, 0.15) is 18.2 Å². The highest BCUT2D eigenvalue weighted by Gasteiger charge is 2.09. The van der Waals surface area contributed by atoms with Crippen LogP contribution in [-0.2, 0) is 11.3 Å². The van der Waals surface area contributed by atoms with Gasteiger partial charge in [-0.05, 0) is 17.7 Å². The van der Waals surface area contributed by atoms with Crippen LogP contribution in [0.2, 0.25) is 0 Å². The summed E-state index contributed by atoms with van der Waals surface area (Å²) in [5.41, 5.74) is 0.761. The lowest BCUT2D eigenvalue weighted by Gasteiger charge is -2.17. The molecule has 24 heavy (non-hydrogen) atoms. The lowest BCUT2D eigenvalue weighted by atomic mass is 10.2. The van der Waals surface area contributed by atoms with Crippen molar-refractivity contribution in [3.05, 3.63) is 48.4 Å². The van der Waals surface area contributed by atoms with Gasteiger partial charge in [-0.15, -0.1) is 0 Å². The molecule has 2 aromatic rings. The molecule has 0 saturated heterocycles. The molecule has 0 aliphatic rings. The molecule has 1 heterocycles. The molecule has 0 bridgehead atoms. The first-order valence-electron chi connectivity index (χ1n) is 7.28. The van der Waals surface area contributed by atoms with Gasteiger partial charge in [-0.3, -0.25) is 9.78 Å². The van der Waals surface area contributed by atoms with Crippen LogP contribution < -0.4 is 15.0 Å². The minimum absolute atomic E-state index is 0.125. The summed E-state index contributed by atoms with van der Waals surface area (Å²) in [7, 11) is 1.74. The van der Waals surface area contributed by atoms with E-state index in [2.05, 4.69) is 15.3 Å². The molecule has 0 unspecified atom stereocenters. The number of amides is 1. The largest absolute Gasteiger partial charge is 0.488 e. The van der Waals surface area contributed by atoms with Crippen molar-refractivity contribution >= 4 is 11.7 Å². The summed E-state index contributed by atoms with van der Waals surface area (Å²) in [6.07, 6.45) is 2.15. The van der Waals surface area contributed by atoms with Gasteiger partial charge in [-0.25, -0.2) is 13.8 Å². The molecule has 2 rings (SSSR count). The average molecular weight is 336 g/mol. The maximum absolute atomic E-state index is 12.1. The van der Waals surface area contributed by atoms with E-state index in [4.69, 9.17) is 4.74 Å². The van der Waals surface area contributed by atoms with Gasteiger partial charge >= 0.3 is 0 Å². The fourth-order valence-corrected chi connectivity index (χ4v) is 1.95. The van der Waals surface area contributed by atoms with Gasteiger partial charge in [0.2, 0.25) is 5.91 Å².